The molecule has 0 aliphatic carbocycles. The van der Waals surface area contributed by atoms with Gasteiger partial charge in [0.2, 0.25) is 0 Å². The fourth-order valence-corrected chi connectivity index (χ4v) is 2.63. The molecule has 1 aromatic rings. The minimum absolute atomic E-state index is 0.175. The molecular formula is C16H23NO. The molecule has 0 N–H and O–H groups in total. The van der Waals surface area contributed by atoms with Gasteiger partial charge in [-0.15, -0.1) is 0 Å². The second-order valence-corrected chi connectivity index (χ2v) is 5.59. The Morgan fingerprint density at radius 2 is 2.17 bits per heavy atom. The van der Waals surface area contributed by atoms with Crippen molar-refractivity contribution in [3.05, 3.63) is 29.8 Å². The van der Waals surface area contributed by atoms with E-state index < -0.39 is 0 Å². The third-order valence-electron chi connectivity index (χ3n) is 3.94. The van der Waals surface area contributed by atoms with E-state index >= 15 is 0 Å². The standard InChI is InChI=1S/C16H23NO/c1-4-13(3)16(18)11-17-10-12(2)9-14-7-5-6-8-15(14)17/h5-8,12-13H,4,9-11H2,1-3H3. The van der Waals surface area contributed by atoms with Crippen molar-refractivity contribution in [2.75, 3.05) is 18.0 Å². The quantitative estimate of drug-likeness (QED) is 0.811. The van der Waals surface area contributed by atoms with Crippen LogP contribution in [0.5, 0.6) is 0 Å². The highest BCUT2D eigenvalue weighted by atomic mass is 16.1. The Morgan fingerprint density at radius 3 is 2.89 bits per heavy atom. The number of carbonyl (C=O) groups is 1. The van der Waals surface area contributed by atoms with E-state index in [-0.39, 0.29) is 5.92 Å². The Labute approximate surface area is 110 Å². The molecule has 0 aromatic heterocycles. The van der Waals surface area contributed by atoms with Crippen molar-refractivity contribution in [2.24, 2.45) is 11.8 Å². The van der Waals surface area contributed by atoms with Gasteiger partial charge in [-0.2, -0.15) is 0 Å². The molecule has 2 unspecified atom stereocenters. The molecule has 0 fully saturated rings. The zero-order valence-electron chi connectivity index (χ0n) is 11.6. The Morgan fingerprint density at radius 1 is 1.44 bits per heavy atom. The number of hydrogen-bond donors (Lipinski definition) is 0. The van der Waals surface area contributed by atoms with Gasteiger partial charge < -0.3 is 4.90 Å². The average Bonchev–Trinajstić information content (AvgIpc) is 2.37. The lowest BCUT2D eigenvalue weighted by Crippen LogP contribution is -2.39. The molecular weight excluding hydrogens is 222 g/mol. The van der Waals surface area contributed by atoms with Crippen LogP contribution in [0.3, 0.4) is 0 Å². The Hall–Kier alpha value is -1.31. The minimum Gasteiger partial charge on any atom is -0.364 e. The summed E-state index contributed by atoms with van der Waals surface area (Å²) in [6.07, 6.45) is 2.06. The van der Waals surface area contributed by atoms with Crippen molar-refractivity contribution in [1.29, 1.82) is 0 Å². The van der Waals surface area contributed by atoms with Crippen LogP contribution in [0, 0.1) is 11.8 Å². The highest BCUT2D eigenvalue weighted by Gasteiger charge is 2.24. The molecule has 0 spiro atoms. The van der Waals surface area contributed by atoms with Crippen molar-refractivity contribution < 1.29 is 4.79 Å². The van der Waals surface area contributed by atoms with Gasteiger partial charge >= 0.3 is 0 Å². The highest BCUT2D eigenvalue weighted by Crippen LogP contribution is 2.29. The maximum atomic E-state index is 12.1. The molecule has 0 amide bonds. The maximum absolute atomic E-state index is 12.1. The lowest BCUT2D eigenvalue weighted by molar-refractivity contribution is -0.121. The smallest absolute Gasteiger partial charge is 0.154 e. The lowest BCUT2D eigenvalue weighted by Gasteiger charge is -2.34. The van der Waals surface area contributed by atoms with Crippen LogP contribution in [0.25, 0.3) is 0 Å². The van der Waals surface area contributed by atoms with Gasteiger partial charge in [-0.1, -0.05) is 39.0 Å². The Balaban J connectivity index is 2.16. The first-order valence-electron chi connectivity index (χ1n) is 6.97. The summed E-state index contributed by atoms with van der Waals surface area (Å²) in [5.41, 5.74) is 2.64. The van der Waals surface area contributed by atoms with Crippen molar-refractivity contribution in [2.45, 2.75) is 33.6 Å². The molecule has 2 heteroatoms. The van der Waals surface area contributed by atoms with Crippen LogP contribution < -0.4 is 4.90 Å². The van der Waals surface area contributed by atoms with E-state index in [2.05, 4.69) is 43.0 Å². The van der Waals surface area contributed by atoms with Crippen molar-refractivity contribution in [1.82, 2.24) is 0 Å². The summed E-state index contributed by atoms with van der Waals surface area (Å²) < 4.78 is 0. The van der Waals surface area contributed by atoms with Crippen molar-refractivity contribution >= 4 is 11.5 Å². The normalized spacial score (nSPS) is 20.4. The minimum atomic E-state index is 0.175. The molecule has 2 atom stereocenters. The van der Waals surface area contributed by atoms with Crippen LogP contribution in [0.4, 0.5) is 5.69 Å². The van der Waals surface area contributed by atoms with Gasteiger partial charge in [-0.3, -0.25) is 4.79 Å². The van der Waals surface area contributed by atoms with Gasteiger partial charge in [0.05, 0.1) is 6.54 Å². The molecule has 1 heterocycles. The predicted molar refractivity (Wildman–Crippen MR) is 76.0 cm³/mol. The summed E-state index contributed by atoms with van der Waals surface area (Å²) in [4.78, 5) is 14.4. The molecule has 1 aliphatic heterocycles. The zero-order valence-corrected chi connectivity index (χ0v) is 11.6. The summed E-state index contributed by atoms with van der Waals surface area (Å²) in [6.45, 7) is 7.93. The van der Waals surface area contributed by atoms with Gasteiger partial charge in [0.25, 0.3) is 0 Å². The van der Waals surface area contributed by atoms with Crippen LogP contribution in [0.2, 0.25) is 0 Å². The number of benzene rings is 1. The van der Waals surface area contributed by atoms with Gasteiger partial charge in [0.1, 0.15) is 0 Å². The van der Waals surface area contributed by atoms with Crippen LogP contribution in [0.15, 0.2) is 24.3 Å². The molecule has 1 aliphatic rings. The van der Waals surface area contributed by atoms with Crippen molar-refractivity contribution in [3.8, 4) is 0 Å². The molecule has 18 heavy (non-hydrogen) atoms. The van der Waals surface area contributed by atoms with Crippen molar-refractivity contribution in [3.63, 3.8) is 0 Å². The van der Waals surface area contributed by atoms with Gasteiger partial charge in [-0.25, -0.2) is 0 Å². The molecule has 2 nitrogen and oxygen atoms in total. The Kier molecular flexibility index (Phi) is 4.05. The van der Waals surface area contributed by atoms with Crippen LogP contribution in [-0.2, 0) is 11.2 Å². The summed E-state index contributed by atoms with van der Waals surface area (Å²) >= 11 is 0. The summed E-state index contributed by atoms with van der Waals surface area (Å²) in [5, 5.41) is 0. The van der Waals surface area contributed by atoms with E-state index in [1.165, 1.54) is 11.3 Å². The SMILES string of the molecule is CCC(C)C(=O)CN1CC(C)Cc2ccccc21. The van der Waals surface area contributed by atoms with Crippen LogP contribution >= 0.6 is 0 Å². The highest BCUT2D eigenvalue weighted by molar-refractivity contribution is 5.85. The van der Waals surface area contributed by atoms with Gasteiger partial charge in [0.15, 0.2) is 5.78 Å². The summed E-state index contributed by atoms with van der Waals surface area (Å²) in [6, 6.07) is 8.48. The van der Waals surface area contributed by atoms with Crippen LogP contribution in [0.1, 0.15) is 32.8 Å². The fourth-order valence-electron chi connectivity index (χ4n) is 2.63. The number of carbonyl (C=O) groups excluding carboxylic acids is 1. The third kappa shape index (κ3) is 2.74. The molecule has 0 bridgehead atoms. The zero-order chi connectivity index (χ0) is 13.1. The number of anilines is 1. The first kappa shape index (κ1) is 13.1. The van der Waals surface area contributed by atoms with E-state index in [4.69, 9.17) is 0 Å². The topological polar surface area (TPSA) is 20.3 Å². The van der Waals surface area contributed by atoms with Gasteiger partial charge in [-0.05, 0) is 30.4 Å². The fraction of sp³-hybridized carbons (Fsp3) is 0.562. The maximum Gasteiger partial charge on any atom is 0.154 e. The summed E-state index contributed by atoms with van der Waals surface area (Å²) in [5.74, 6) is 1.17. The predicted octanol–water partition coefficient (Wildman–Crippen LogP) is 3.30. The summed E-state index contributed by atoms with van der Waals surface area (Å²) in [7, 11) is 0. The number of para-hydroxylation sites is 1. The molecule has 2 rings (SSSR count). The lowest BCUT2D eigenvalue weighted by atomic mass is 9.93. The molecule has 98 valence electrons. The number of hydrogen-bond acceptors (Lipinski definition) is 2. The van der Waals surface area contributed by atoms with E-state index in [0.717, 1.165) is 19.4 Å². The second kappa shape index (κ2) is 5.55. The Bertz CT molecular complexity index is 427. The first-order valence-corrected chi connectivity index (χ1v) is 6.97. The third-order valence-corrected chi connectivity index (χ3v) is 3.94. The number of rotatable bonds is 4. The number of fused-ring (bicyclic) bond motifs is 1. The second-order valence-electron chi connectivity index (χ2n) is 5.59. The van der Waals surface area contributed by atoms with E-state index in [9.17, 15) is 4.79 Å². The number of ketones is 1. The van der Waals surface area contributed by atoms with Crippen LogP contribution in [-0.4, -0.2) is 18.9 Å². The monoisotopic (exact) mass is 245 g/mol. The molecule has 1 aromatic carbocycles. The number of nitrogens with zero attached hydrogens (tertiary/aromatic N) is 1. The van der Waals surface area contributed by atoms with E-state index in [1.807, 2.05) is 6.92 Å². The van der Waals surface area contributed by atoms with E-state index in [0.29, 0.717) is 18.2 Å². The largest absolute Gasteiger partial charge is 0.364 e. The molecule has 0 saturated heterocycles. The molecule has 0 radical (unpaired) electrons. The van der Waals surface area contributed by atoms with E-state index in [1.54, 1.807) is 0 Å². The average molecular weight is 245 g/mol. The molecule has 0 saturated carbocycles. The first-order chi connectivity index (χ1) is 8.61. The number of Topliss-reactive ketones (excluding diaryl/α,β-unsaturated/α-hetero) is 1. The van der Waals surface area contributed by atoms with Gasteiger partial charge in [0, 0.05) is 18.2 Å².